The highest BCUT2D eigenvalue weighted by atomic mass is 35.5. The van der Waals surface area contributed by atoms with E-state index in [2.05, 4.69) is 15.3 Å². The van der Waals surface area contributed by atoms with Crippen molar-refractivity contribution in [2.45, 2.75) is 18.9 Å². The first kappa shape index (κ1) is 10.4. The minimum Gasteiger partial charge on any atom is -0.382 e. The standard InChI is InChI=1S/C9H13ClN4O/c10-7-8(11)12-5-13-9(7)14-6-2-1-3-15-4-6/h5-6H,1-4H2,(H3,11,12,13,14). The molecule has 6 heteroatoms. The van der Waals surface area contributed by atoms with Crippen LogP contribution in [0.5, 0.6) is 0 Å². The van der Waals surface area contributed by atoms with E-state index >= 15 is 0 Å². The van der Waals surface area contributed by atoms with Crippen LogP contribution in [0.25, 0.3) is 0 Å². The lowest BCUT2D eigenvalue weighted by Gasteiger charge is -2.23. The number of ether oxygens (including phenoxy) is 1. The molecule has 1 saturated heterocycles. The van der Waals surface area contributed by atoms with Crippen molar-refractivity contribution in [3.63, 3.8) is 0 Å². The Balaban J connectivity index is 2.06. The van der Waals surface area contributed by atoms with E-state index < -0.39 is 0 Å². The summed E-state index contributed by atoms with van der Waals surface area (Å²) in [5.74, 6) is 0.880. The molecule has 1 aromatic heterocycles. The summed E-state index contributed by atoms with van der Waals surface area (Å²) in [6, 6.07) is 0.255. The fourth-order valence-electron chi connectivity index (χ4n) is 1.53. The third-order valence-corrected chi connectivity index (χ3v) is 2.69. The van der Waals surface area contributed by atoms with Crippen molar-refractivity contribution in [2.75, 3.05) is 24.3 Å². The minimum atomic E-state index is 0.255. The second-order valence-corrected chi connectivity index (χ2v) is 3.86. The lowest BCUT2D eigenvalue weighted by Crippen LogP contribution is -2.30. The molecule has 1 unspecified atom stereocenters. The molecule has 1 aliphatic heterocycles. The second kappa shape index (κ2) is 4.63. The first-order valence-corrected chi connectivity index (χ1v) is 5.25. The lowest BCUT2D eigenvalue weighted by molar-refractivity contribution is 0.0875. The Morgan fingerprint density at radius 1 is 1.53 bits per heavy atom. The van der Waals surface area contributed by atoms with E-state index in [-0.39, 0.29) is 6.04 Å². The minimum absolute atomic E-state index is 0.255. The molecule has 0 aromatic carbocycles. The van der Waals surface area contributed by atoms with Gasteiger partial charge in [-0.05, 0) is 12.8 Å². The number of hydrogen-bond acceptors (Lipinski definition) is 5. The normalized spacial score (nSPS) is 21.3. The maximum atomic E-state index is 5.96. The van der Waals surface area contributed by atoms with Gasteiger partial charge < -0.3 is 15.8 Å². The predicted octanol–water partition coefficient (Wildman–Crippen LogP) is 1.30. The van der Waals surface area contributed by atoms with Crippen molar-refractivity contribution in [3.8, 4) is 0 Å². The van der Waals surface area contributed by atoms with E-state index in [9.17, 15) is 0 Å². The summed E-state index contributed by atoms with van der Waals surface area (Å²) in [7, 11) is 0. The molecule has 0 saturated carbocycles. The SMILES string of the molecule is Nc1ncnc(NC2CCCOC2)c1Cl. The average Bonchev–Trinajstić information content (AvgIpc) is 2.26. The highest BCUT2D eigenvalue weighted by Gasteiger charge is 2.16. The molecule has 1 aromatic rings. The van der Waals surface area contributed by atoms with Crippen molar-refractivity contribution < 1.29 is 4.74 Å². The van der Waals surface area contributed by atoms with E-state index in [1.807, 2.05) is 0 Å². The van der Waals surface area contributed by atoms with Crippen molar-refractivity contribution >= 4 is 23.2 Å². The zero-order valence-electron chi connectivity index (χ0n) is 8.24. The molecule has 1 fully saturated rings. The molecule has 0 radical (unpaired) electrons. The quantitative estimate of drug-likeness (QED) is 0.798. The number of nitrogens with one attached hydrogen (secondary N) is 1. The Labute approximate surface area is 93.0 Å². The Kier molecular flexibility index (Phi) is 3.23. The molecule has 0 amide bonds. The van der Waals surface area contributed by atoms with Crippen molar-refractivity contribution in [1.82, 2.24) is 9.97 Å². The van der Waals surface area contributed by atoms with E-state index in [1.165, 1.54) is 6.33 Å². The van der Waals surface area contributed by atoms with E-state index in [0.717, 1.165) is 19.4 Å². The zero-order valence-corrected chi connectivity index (χ0v) is 9.00. The van der Waals surface area contributed by atoms with Crippen LogP contribution in [-0.4, -0.2) is 29.2 Å². The number of nitrogens with two attached hydrogens (primary N) is 1. The molecule has 0 aliphatic carbocycles. The predicted molar refractivity (Wildman–Crippen MR) is 58.9 cm³/mol. The molecular weight excluding hydrogens is 216 g/mol. The molecule has 3 N–H and O–H groups in total. The first-order chi connectivity index (χ1) is 7.27. The smallest absolute Gasteiger partial charge is 0.150 e. The number of nitrogens with zero attached hydrogens (tertiary/aromatic N) is 2. The summed E-state index contributed by atoms with van der Waals surface area (Å²) in [6.07, 6.45) is 3.50. The molecule has 1 aliphatic rings. The Morgan fingerprint density at radius 2 is 2.40 bits per heavy atom. The molecule has 0 spiro atoms. The molecule has 2 rings (SSSR count). The summed E-state index contributed by atoms with van der Waals surface area (Å²) in [6.45, 7) is 1.51. The highest BCUT2D eigenvalue weighted by Crippen LogP contribution is 2.24. The van der Waals surface area contributed by atoms with Crippen LogP contribution < -0.4 is 11.1 Å². The number of aromatic nitrogens is 2. The van der Waals surface area contributed by atoms with Gasteiger partial charge in [0.05, 0.1) is 12.6 Å². The maximum absolute atomic E-state index is 5.96. The van der Waals surface area contributed by atoms with E-state index in [1.54, 1.807) is 0 Å². The Hall–Kier alpha value is -1.07. The van der Waals surface area contributed by atoms with Crippen LogP contribution in [0.3, 0.4) is 0 Å². The molecule has 1 atom stereocenters. The van der Waals surface area contributed by atoms with Gasteiger partial charge in [0.1, 0.15) is 17.2 Å². The van der Waals surface area contributed by atoms with Crippen LogP contribution in [0, 0.1) is 0 Å². The van der Waals surface area contributed by atoms with Gasteiger partial charge in [0, 0.05) is 6.61 Å². The first-order valence-electron chi connectivity index (χ1n) is 4.87. The zero-order chi connectivity index (χ0) is 10.7. The van der Waals surface area contributed by atoms with Crippen LogP contribution in [-0.2, 0) is 4.74 Å². The van der Waals surface area contributed by atoms with Gasteiger partial charge >= 0.3 is 0 Å². The lowest BCUT2D eigenvalue weighted by atomic mass is 10.1. The van der Waals surface area contributed by atoms with Crippen LogP contribution in [0.15, 0.2) is 6.33 Å². The van der Waals surface area contributed by atoms with Gasteiger partial charge in [0.25, 0.3) is 0 Å². The highest BCUT2D eigenvalue weighted by molar-refractivity contribution is 6.35. The van der Waals surface area contributed by atoms with Crippen LogP contribution in [0.4, 0.5) is 11.6 Å². The van der Waals surface area contributed by atoms with Gasteiger partial charge in [-0.3, -0.25) is 0 Å². The van der Waals surface area contributed by atoms with Crippen LogP contribution in [0.2, 0.25) is 5.02 Å². The van der Waals surface area contributed by atoms with Gasteiger partial charge in [-0.25, -0.2) is 9.97 Å². The van der Waals surface area contributed by atoms with Crippen LogP contribution >= 0.6 is 11.6 Å². The van der Waals surface area contributed by atoms with Crippen molar-refractivity contribution in [3.05, 3.63) is 11.3 Å². The summed E-state index contributed by atoms with van der Waals surface area (Å²) >= 11 is 5.96. The topological polar surface area (TPSA) is 73.1 Å². The fraction of sp³-hybridized carbons (Fsp3) is 0.556. The molecule has 0 bridgehead atoms. The van der Waals surface area contributed by atoms with Gasteiger partial charge in [0.2, 0.25) is 0 Å². The van der Waals surface area contributed by atoms with Gasteiger partial charge in [-0.2, -0.15) is 0 Å². The average molecular weight is 229 g/mol. The van der Waals surface area contributed by atoms with Gasteiger partial charge in [0.15, 0.2) is 5.82 Å². The van der Waals surface area contributed by atoms with Crippen molar-refractivity contribution in [1.29, 1.82) is 0 Å². The number of halogens is 1. The molecule has 5 nitrogen and oxygen atoms in total. The Morgan fingerprint density at radius 3 is 3.13 bits per heavy atom. The monoisotopic (exact) mass is 228 g/mol. The third-order valence-electron chi connectivity index (χ3n) is 2.32. The molecule has 15 heavy (non-hydrogen) atoms. The van der Waals surface area contributed by atoms with Gasteiger partial charge in [-0.1, -0.05) is 11.6 Å². The third kappa shape index (κ3) is 2.49. The number of hydrogen-bond donors (Lipinski definition) is 2. The van der Waals surface area contributed by atoms with E-state index in [0.29, 0.717) is 23.3 Å². The molecular formula is C9H13ClN4O. The number of rotatable bonds is 2. The Bertz CT molecular complexity index is 341. The summed E-state index contributed by atoms with van der Waals surface area (Å²) in [5, 5.41) is 3.58. The number of nitrogen functional groups attached to an aromatic ring is 1. The van der Waals surface area contributed by atoms with Crippen molar-refractivity contribution in [2.24, 2.45) is 0 Å². The largest absolute Gasteiger partial charge is 0.382 e. The second-order valence-electron chi connectivity index (χ2n) is 3.48. The fourth-order valence-corrected chi connectivity index (χ4v) is 1.68. The summed E-state index contributed by atoms with van der Waals surface area (Å²) < 4.78 is 5.34. The van der Waals surface area contributed by atoms with E-state index in [4.69, 9.17) is 22.1 Å². The maximum Gasteiger partial charge on any atom is 0.150 e. The summed E-state index contributed by atoms with van der Waals surface area (Å²) in [4.78, 5) is 7.84. The van der Waals surface area contributed by atoms with Crippen LogP contribution in [0.1, 0.15) is 12.8 Å². The summed E-state index contributed by atoms with van der Waals surface area (Å²) in [5.41, 5.74) is 5.57. The number of anilines is 2. The van der Waals surface area contributed by atoms with Gasteiger partial charge in [-0.15, -0.1) is 0 Å². The molecule has 2 heterocycles. The molecule has 82 valence electrons.